The third kappa shape index (κ3) is 7.65. The molecule has 2 fully saturated rings. The number of hydrogen-bond acceptors (Lipinski definition) is 6. The Morgan fingerprint density at radius 2 is 1.83 bits per heavy atom. The van der Waals surface area contributed by atoms with Crippen LogP contribution in [0, 0.1) is 5.92 Å². The summed E-state index contributed by atoms with van der Waals surface area (Å²) in [5.74, 6) is 0.0274. The minimum absolute atomic E-state index is 0.122. The third-order valence-corrected chi connectivity index (χ3v) is 8.35. The Balaban J connectivity index is 1.74. The quantitative estimate of drug-likeness (QED) is 0.331. The molecule has 1 saturated carbocycles. The van der Waals surface area contributed by atoms with E-state index in [4.69, 9.17) is 4.74 Å². The summed E-state index contributed by atoms with van der Waals surface area (Å²) < 4.78 is 34.0. The fourth-order valence-electron chi connectivity index (χ4n) is 4.71. The van der Waals surface area contributed by atoms with Gasteiger partial charge in [0, 0.05) is 30.0 Å². The van der Waals surface area contributed by atoms with E-state index in [9.17, 15) is 18.0 Å². The third-order valence-electron chi connectivity index (χ3n) is 6.40. The molecule has 3 unspecified atom stereocenters. The van der Waals surface area contributed by atoms with Gasteiger partial charge in [-0.15, -0.1) is 0 Å². The number of ether oxygens (including phenoxy) is 1. The van der Waals surface area contributed by atoms with Crippen LogP contribution in [0.5, 0.6) is 5.75 Å². The van der Waals surface area contributed by atoms with Crippen molar-refractivity contribution in [3.8, 4) is 5.75 Å². The van der Waals surface area contributed by atoms with Gasteiger partial charge in [-0.25, -0.2) is 13.4 Å². The van der Waals surface area contributed by atoms with Crippen LogP contribution in [0.4, 0.5) is 0 Å². The molecule has 1 saturated heterocycles. The number of fused-ring (bicyclic) bond motifs is 1. The fourth-order valence-corrected chi connectivity index (χ4v) is 6.74. The second-order valence-electron chi connectivity index (χ2n) is 10.5. The second kappa shape index (κ2) is 11.7. The molecule has 1 aliphatic heterocycles. The van der Waals surface area contributed by atoms with Crippen molar-refractivity contribution in [1.29, 1.82) is 0 Å². The Kier molecular flexibility index (Phi) is 9.17. The molecule has 0 bridgehead atoms. The van der Waals surface area contributed by atoms with Gasteiger partial charge < -0.3 is 10.1 Å². The normalized spacial score (nSPS) is 23.5. The average Bonchev–Trinajstić information content (AvgIpc) is 3.07. The van der Waals surface area contributed by atoms with Gasteiger partial charge in [0.05, 0.1) is 18.0 Å². The number of hydrogen-bond donors (Lipinski definition) is 3. The molecule has 3 rings (SSSR count). The SMILES string of the molecule is CCCCOc1ccc(C(=O)NN(CCC(=O)NC(C)(C)C)C2NS(=O)(=O)C3CCCCC23)cc1. The predicted molar refractivity (Wildman–Crippen MR) is 135 cm³/mol. The molecule has 2 amide bonds. The molecule has 1 heterocycles. The zero-order valence-electron chi connectivity index (χ0n) is 21.3. The van der Waals surface area contributed by atoms with Crippen LogP contribution in [0.25, 0.3) is 0 Å². The van der Waals surface area contributed by atoms with Crippen molar-refractivity contribution in [2.45, 2.75) is 89.6 Å². The lowest BCUT2D eigenvalue weighted by molar-refractivity contribution is -0.123. The van der Waals surface area contributed by atoms with Crippen LogP contribution in [-0.4, -0.2) is 55.3 Å². The lowest BCUT2D eigenvalue weighted by atomic mass is 9.86. The van der Waals surface area contributed by atoms with Gasteiger partial charge in [-0.2, -0.15) is 4.72 Å². The van der Waals surface area contributed by atoms with Crippen molar-refractivity contribution in [1.82, 2.24) is 20.5 Å². The lowest BCUT2D eigenvalue weighted by Gasteiger charge is -2.34. The summed E-state index contributed by atoms with van der Waals surface area (Å²) in [6.45, 7) is 8.60. The van der Waals surface area contributed by atoms with E-state index in [0.29, 0.717) is 24.3 Å². The molecule has 3 atom stereocenters. The molecular formula is C25H40N4O5S. The number of carbonyl (C=O) groups is 2. The molecule has 196 valence electrons. The van der Waals surface area contributed by atoms with Crippen molar-refractivity contribution in [2.24, 2.45) is 5.92 Å². The van der Waals surface area contributed by atoms with E-state index < -0.39 is 21.4 Å². The molecule has 1 aliphatic carbocycles. The summed E-state index contributed by atoms with van der Waals surface area (Å²) in [6.07, 6.45) is 4.72. The summed E-state index contributed by atoms with van der Waals surface area (Å²) in [7, 11) is -3.49. The van der Waals surface area contributed by atoms with Crippen LogP contribution in [0.15, 0.2) is 24.3 Å². The van der Waals surface area contributed by atoms with Crippen molar-refractivity contribution >= 4 is 21.8 Å². The first-order valence-corrected chi connectivity index (χ1v) is 14.2. The molecule has 1 aromatic rings. The first kappa shape index (κ1) is 27.4. The van der Waals surface area contributed by atoms with E-state index in [1.807, 2.05) is 20.8 Å². The van der Waals surface area contributed by atoms with Gasteiger partial charge in [0.15, 0.2) is 0 Å². The Morgan fingerprint density at radius 1 is 1.14 bits per heavy atom. The Bertz CT molecular complexity index is 975. The highest BCUT2D eigenvalue weighted by atomic mass is 32.2. The highest BCUT2D eigenvalue weighted by molar-refractivity contribution is 7.90. The summed E-state index contributed by atoms with van der Waals surface area (Å²) in [6, 6.07) is 6.87. The van der Waals surface area contributed by atoms with E-state index in [-0.39, 0.29) is 36.2 Å². The molecule has 0 radical (unpaired) electrons. The largest absolute Gasteiger partial charge is 0.494 e. The van der Waals surface area contributed by atoms with Crippen LogP contribution in [0.1, 0.15) is 83.0 Å². The number of carbonyl (C=O) groups excluding carboxylic acids is 2. The topological polar surface area (TPSA) is 117 Å². The first-order valence-electron chi connectivity index (χ1n) is 12.6. The van der Waals surface area contributed by atoms with E-state index in [2.05, 4.69) is 22.4 Å². The molecule has 3 N–H and O–H groups in total. The molecule has 2 aliphatic rings. The number of benzene rings is 1. The number of sulfonamides is 1. The number of unbranched alkanes of at least 4 members (excludes halogenated alkanes) is 1. The van der Waals surface area contributed by atoms with E-state index >= 15 is 0 Å². The standard InChI is InChI=1S/C25H40N4O5S/c1-5-6-17-34-19-13-11-18(12-14-19)24(31)27-29(16-15-22(30)26-25(2,3)4)23-20-9-7-8-10-21(20)35(32,33)28-23/h11-14,20-21,23,28H,5-10,15-17H2,1-4H3,(H,26,30)(H,27,31). The van der Waals surface area contributed by atoms with E-state index in [0.717, 1.165) is 32.1 Å². The highest BCUT2D eigenvalue weighted by Gasteiger charge is 2.50. The first-order chi connectivity index (χ1) is 16.5. The maximum Gasteiger partial charge on any atom is 0.265 e. The molecule has 0 spiro atoms. The molecule has 9 nitrogen and oxygen atoms in total. The van der Waals surface area contributed by atoms with Gasteiger partial charge in [0.25, 0.3) is 5.91 Å². The number of nitrogens with one attached hydrogen (secondary N) is 3. The lowest BCUT2D eigenvalue weighted by Crippen LogP contribution is -2.56. The molecular weight excluding hydrogens is 468 g/mol. The molecule has 35 heavy (non-hydrogen) atoms. The predicted octanol–water partition coefficient (Wildman–Crippen LogP) is 2.94. The minimum Gasteiger partial charge on any atom is -0.494 e. The minimum atomic E-state index is -3.49. The summed E-state index contributed by atoms with van der Waals surface area (Å²) in [4.78, 5) is 25.6. The summed E-state index contributed by atoms with van der Waals surface area (Å²) in [5, 5.41) is 4.05. The van der Waals surface area contributed by atoms with Crippen LogP contribution in [0.3, 0.4) is 0 Å². The van der Waals surface area contributed by atoms with Gasteiger partial charge in [-0.3, -0.25) is 15.0 Å². The van der Waals surface area contributed by atoms with Gasteiger partial charge in [-0.05, 0) is 64.3 Å². The fraction of sp³-hybridized carbons (Fsp3) is 0.680. The highest BCUT2D eigenvalue weighted by Crippen LogP contribution is 2.37. The van der Waals surface area contributed by atoms with Gasteiger partial charge >= 0.3 is 0 Å². The zero-order chi connectivity index (χ0) is 25.6. The number of rotatable bonds is 10. The molecule has 1 aromatic carbocycles. The van der Waals surface area contributed by atoms with Crippen LogP contribution >= 0.6 is 0 Å². The monoisotopic (exact) mass is 508 g/mol. The zero-order valence-corrected chi connectivity index (χ0v) is 22.1. The van der Waals surface area contributed by atoms with Crippen LogP contribution in [-0.2, 0) is 14.8 Å². The Hall–Kier alpha value is -2.17. The molecule has 10 heteroatoms. The van der Waals surface area contributed by atoms with Gasteiger partial charge in [0.1, 0.15) is 5.75 Å². The van der Waals surface area contributed by atoms with Gasteiger partial charge in [-0.1, -0.05) is 26.2 Å². The van der Waals surface area contributed by atoms with Crippen LogP contribution < -0.4 is 20.2 Å². The molecule has 0 aromatic heterocycles. The van der Waals surface area contributed by atoms with E-state index in [1.54, 1.807) is 29.3 Å². The van der Waals surface area contributed by atoms with Crippen molar-refractivity contribution < 1.29 is 22.7 Å². The second-order valence-corrected chi connectivity index (χ2v) is 12.4. The summed E-state index contributed by atoms with van der Waals surface area (Å²) >= 11 is 0. The van der Waals surface area contributed by atoms with Crippen molar-refractivity contribution in [2.75, 3.05) is 13.2 Å². The van der Waals surface area contributed by atoms with Crippen molar-refractivity contribution in [3.63, 3.8) is 0 Å². The number of nitrogens with zero attached hydrogens (tertiary/aromatic N) is 1. The maximum atomic E-state index is 13.1. The maximum absolute atomic E-state index is 13.1. The Labute approximate surface area is 209 Å². The number of hydrazine groups is 1. The van der Waals surface area contributed by atoms with Gasteiger partial charge in [0.2, 0.25) is 15.9 Å². The number of amides is 2. The Morgan fingerprint density at radius 3 is 2.49 bits per heavy atom. The average molecular weight is 509 g/mol. The summed E-state index contributed by atoms with van der Waals surface area (Å²) in [5.41, 5.74) is 2.93. The van der Waals surface area contributed by atoms with Crippen LogP contribution in [0.2, 0.25) is 0 Å². The van der Waals surface area contributed by atoms with E-state index in [1.165, 1.54) is 0 Å². The van der Waals surface area contributed by atoms with Crippen molar-refractivity contribution in [3.05, 3.63) is 29.8 Å². The smallest absolute Gasteiger partial charge is 0.265 e.